The number of ether oxygens (including phenoxy) is 2. The van der Waals surface area contributed by atoms with Crippen LogP contribution in [0.15, 0.2) is 40.8 Å². The second-order valence-electron chi connectivity index (χ2n) is 5.40. The van der Waals surface area contributed by atoms with Crippen molar-refractivity contribution in [3.63, 3.8) is 0 Å². The molecule has 0 unspecified atom stereocenters. The zero-order valence-electron chi connectivity index (χ0n) is 15.1. The first-order valence-corrected chi connectivity index (χ1v) is 9.62. The van der Waals surface area contributed by atoms with E-state index in [1.165, 1.54) is 23.1 Å². The molecule has 2 aromatic rings. The molecule has 1 aliphatic heterocycles. The van der Waals surface area contributed by atoms with Crippen molar-refractivity contribution in [1.82, 2.24) is 15.1 Å². The van der Waals surface area contributed by atoms with Gasteiger partial charge in [0.1, 0.15) is 5.01 Å². The third-order valence-corrected chi connectivity index (χ3v) is 5.37. The quantitative estimate of drug-likeness (QED) is 0.542. The van der Waals surface area contributed by atoms with E-state index in [0.29, 0.717) is 33.2 Å². The molecule has 1 amide bonds. The Labute approximate surface area is 165 Å². The van der Waals surface area contributed by atoms with Gasteiger partial charge in [0.25, 0.3) is 5.91 Å². The summed E-state index contributed by atoms with van der Waals surface area (Å²) in [6.07, 6.45) is 3.44. The van der Waals surface area contributed by atoms with E-state index in [2.05, 4.69) is 21.8 Å². The van der Waals surface area contributed by atoms with Gasteiger partial charge in [0, 0.05) is 12.1 Å². The molecule has 1 aromatic carbocycles. The van der Waals surface area contributed by atoms with Gasteiger partial charge >= 0.3 is 0 Å². The number of aliphatic imine (C=N–C) groups is 1. The third-order valence-electron chi connectivity index (χ3n) is 3.63. The Bertz CT molecular complexity index is 936. The average molecular weight is 403 g/mol. The highest BCUT2D eigenvalue weighted by Gasteiger charge is 2.33. The van der Waals surface area contributed by atoms with Crippen LogP contribution < -0.4 is 9.47 Å². The van der Waals surface area contributed by atoms with Gasteiger partial charge in [-0.05, 0) is 30.8 Å². The Morgan fingerprint density at radius 2 is 2.11 bits per heavy atom. The highest BCUT2D eigenvalue weighted by Crippen LogP contribution is 2.38. The summed E-state index contributed by atoms with van der Waals surface area (Å²) in [6, 6.07) is 5.51. The summed E-state index contributed by atoms with van der Waals surface area (Å²) >= 11 is 2.65. The maximum absolute atomic E-state index is 12.9. The molecule has 3 rings (SSSR count). The number of benzene rings is 1. The fourth-order valence-corrected chi connectivity index (χ4v) is 4.06. The van der Waals surface area contributed by atoms with Gasteiger partial charge in [-0.2, -0.15) is 4.99 Å². The zero-order valence-corrected chi connectivity index (χ0v) is 16.8. The molecular weight excluding hydrogens is 384 g/mol. The van der Waals surface area contributed by atoms with Crippen LogP contribution in [0.3, 0.4) is 0 Å². The van der Waals surface area contributed by atoms with Crippen molar-refractivity contribution < 1.29 is 14.3 Å². The summed E-state index contributed by atoms with van der Waals surface area (Å²) < 4.78 is 10.8. The minimum Gasteiger partial charge on any atom is -0.493 e. The molecule has 1 aromatic heterocycles. The first-order valence-electron chi connectivity index (χ1n) is 7.99. The van der Waals surface area contributed by atoms with E-state index in [4.69, 9.17) is 9.47 Å². The molecule has 140 valence electrons. The molecule has 1 aliphatic rings. The number of hydrogen-bond acceptors (Lipinski definition) is 8. The normalized spacial score (nSPS) is 17.0. The topological polar surface area (TPSA) is 76.9 Å². The number of methoxy groups -OCH3 is 2. The van der Waals surface area contributed by atoms with Crippen LogP contribution >= 0.6 is 23.1 Å². The van der Waals surface area contributed by atoms with Crippen molar-refractivity contribution in [3.05, 3.63) is 46.3 Å². The number of carbonyl (C=O) groups is 1. The van der Waals surface area contributed by atoms with E-state index in [0.717, 1.165) is 10.6 Å². The van der Waals surface area contributed by atoms with Crippen LogP contribution in [0.25, 0.3) is 6.08 Å². The van der Waals surface area contributed by atoms with Crippen molar-refractivity contribution in [2.75, 3.05) is 20.8 Å². The summed E-state index contributed by atoms with van der Waals surface area (Å²) in [7, 11) is 3.14. The number of nitrogens with zero attached hydrogens (tertiary/aromatic N) is 4. The molecule has 0 spiro atoms. The van der Waals surface area contributed by atoms with Gasteiger partial charge in [-0.15, -0.1) is 16.8 Å². The van der Waals surface area contributed by atoms with Crippen LogP contribution in [0.1, 0.15) is 10.6 Å². The highest BCUT2D eigenvalue weighted by atomic mass is 32.2. The van der Waals surface area contributed by atoms with Crippen molar-refractivity contribution in [2.45, 2.75) is 6.92 Å². The number of hydrogen-bond donors (Lipinski definition) is 0. The molecule has 1 fully saturated rings. The van der Waals surface area contributed by atoms with Crippen LogP contribution in [-0.4, -0.2) is 46.9 Å². The number of aromatic nitrogens is 2. The smallest absolute Gasteiger partial charge is 0.267 e. The van der Waals surface area contributed by atoms with E-state index in [1.807, 2.05) is 19.1 Å². The van der Waals surface area contributed by atoms with Crippen molar-refractivity contribution >= 4 is 45.4 Å². The van der Waals surface area contributed by atoms with Gasteiger partial charge in [-0.3, -0.25) is 9.69 Å². The predicted molar refractivity (Wildman–Crippen MR) is 109 cm³/mol. The van der Waals surface area contributed by atoms with Gasteiger partial charge < -0.3 is 9.47 Å². The number of rotatable bonds is 6. The van der Waals surface area contributed by atoms with Gasteiger partial charge in [-0.25, -0.2) is 0 Å². The summed E-state index contributed by atoms with van der Waals surface area (Å²) in [5, 5.41) is 9.84. The van der Waals surface area contributed by atoms with Gasteiger partial charge in [0.2, 0.25) is 5.13 Å². The summed E-state index contributed by atoms with van der Waals surface area (Å²) in [6.45, 7) is 5.94. The molecule has 27 heavy (non-hydrogen) atoms. The van der Waals surface area contributed by atoms with E-state index in [-0.39, 0.29) is 5.91 Å². The largest absolute Gasteiger partial charge is 0.493 e. The van der Waals surface area contributed by atoms with Crippen molar-refractivity contribution in [1.29, 1.82) is 0 Å². The molecule has 0 saturated carbocycles. The fraction of sp³-hybridized carbons (Fsp3) is 0.222. The Hall–Kier alpha value is -2.65. The highest BCUT2D eigenvalue weighted by molar-refractivity contribution is 8.18. The minimum atomic E-state index is -0.148. The summed E-state index contributed by atoms with van der Waals surface area (Å²) in [5.41, 5.74) is 0.749. The lowest BCUT2D eigenvalue weighted by atomic mass is 10.1. The Morgan fingerprint density at radius 3 is 2.74 bits per heavy atom. The van der Waals surface area contributed by atoms with Crippen molar-refractivity contribution in [3.8, 4) is 11.5 Å². The number of thioether (sulfide) groups is 1. The third kappa shape index (κ3) is 4.04. The number of aryl methyl sites for hydroxylation is 1. The molecule has 0 bridgehead atoms. The Balaban J connectivity index is 2.00. The standard InChI is InChI=1S/C18H18N4O3S2/c1-5-9-22-16(23)14(27-18(22)19-17-21-20-11(2)26-17)10-12-7-6-8-13(24-3)15(12)25-4/h5-8,10H,1,9H2,2-4H3/b14-10+,19-18?. The minimum absolute atomic E-state index is 0.148. The average Bonchev–Trinajstić information content (AvgIpc) is 3.20. The number of amidine groups is 1. The van der Waals surface area contributed by atoms with Crippen molar-refractivity contribution in [2.24, 2.45) is 4.99 Å². The molecule has 9 heteroatoms. The van der Waals surface area contributed by atoms with E-state index >= 15 is 0 Å². The number of para-hydroxylation sites is 1. The molecule has 0 radical (unpaired) electrons. The Morgan fingerprint density at radius 1 is 1.30 bits per heavy atom. The predicted octanol–water partition coefficient (Wildman–Crippen LogP) is 3.65. The zero-order chi connectivity index (χ0) is 19.4. The molecule has 0 N–H and O–H groups in total. The van der Waals surface area contributed by atoms with Gasteiger partial charge in [-0.1, -0.05) is 29.5 Å². The second-order valence-corrected chi connectivity index (χ2v) is 7.57. The van der Waals surface area contributed by atoms with E-state index in [1.54, 1.807) is 37.3 Å². The first-order chi connectivity index (χ1) is 13.1. The maximum Gasteiger partial charge on any atom is 0.267 e. The molecule has 0 atom stereocenters. The first kappa shape index (κ1) is 19.1. The van der Waals surface area contributed by atoms with Crippen LogP contribution in [0.5, 0.6) is 11.5 Å². The molecule has 1 saturated heterocycles. The lowest BCUT2D eigenvalue weighted by molar-refractivity contribution is -0.121. The fourth-order valence-electron chi connectivity index (χ4n) is 2.46. The molecular formula is C18H18N4O3S2. The molecule has 2 heterocycles. The van der Waals surface area contributed by atoms with Crippen LogP contribution in [0.4, 0.5) is 5.13 Å². The summed E-state index contributed by atoms with van der Waals surface area (Å²) in [4.78, 5) is 19.4. The van der Waals surface area contributed by atoms with E-state index in [9.17, 15) is 4.79 Å². The lowest BCUT2D eigenvalue weighted by Crippen LogP contribution is -2.29. The van der Waals surface area contributed by atoms with Gasteiger partial charge in [0.05, 0.1) is 19.1 Å². The van der Waals surface area contributed by atoms with Crippen LogP contribution in [-0.2, 0) is 4.79 Å². The second kappa shape index (κ2) is 8.36. The lowest BCUT2D eigenvalue weighted by Gasteiger charge is -2.12. The van der Waals surface area contributed by atoms with E-state index < -0.39 is 0 Å². The monoisotopic (exact) mass is 402 g/mol. The summed E-state index contributed by atoms with van der Waals surface area (Å²) in [5.74, 6) is 1.02. The maximum atomic E-state index is 12.9. The Kier molecular flexibility index (Phi) is 5.92. The molecule has 0 aliphatic carbocycles. The van der Waals surface area contributed by atoms with Crippen LogP contribution in [0, 0.1) is 6.92 Å². The molecule has 7 nitrogen and oxygen atoms in total. The number of carbonyl (C=O) groups excluding carboxylic acids is 1. The van der Waals surface area contributed by atoms with Crippen LogP contribution in [0.2, 0.25) is 0 Å². The van der Waals surface area contributed by atoms with Gasteiger partial charge in [0.15, 0.2) is 16.7 Å². The number of amides is 1. The SMILES string of the molecule is C=CCN1C(=O)/C(=C\c2cccc(OC)c2OC)SC1=Nc1nnc(C)s1.